The zero-order valence-electron chi connectivity index (χ0n) is 11.0. The van der Waals surface area contributed by atoms with Crippen molar-refractivity contribution in [3.8, 4) is 5.75 Å². The third kappa shape index (κ3) is 4.14. The lowest BCUT2D eigenvalue weighted by Crippen LogP contribution is -2.31. The van der Waals surface area contributed by atoms with E-state index in [1.165, 1.54) is 11.8 Å². The molecule has 0 bridgehead atoms. The van der Waals surface area contributed by atoms with Crippen LogP contribution in [0.2, 0.25) is 0 Å². The molecule has 0 aliphatic heterocycles. The molecule has 0 fully saturated rings. The molecule has 0 aromatic heterocycles. The summed E-state index contributed by atoms with van der Waals surface area (Å²) in [6.45, 7) is 4.62. The topological polar surface area (TPSA) is 64.4 Å². The second kappa shape index (κ2) is 7.16. The number of ether oxygens (including phenoxy) is 1. The Balaban J connectivity index is 2.69. The van der Waals surface area contributed by atoms with Crippen molar-refractivity contribution < 1.29 is 9.53 Å². The van der Waals surface area contributed by atoms with Crippen LogP contribution in [0, 0.1) is 0 Å². The number of nitrogens with one attached hydrogen (secondary N) is 1. The van der Waals surface area contributed by atoms with Crippen LogP contribution < -0.4 is 15.8 Å². The molecule has 5 heteroatoms. The van der Waals surface area contributed by atoms with Crippen LogP contribution in [0.4, 0.5) is 5.69 Å². The minimum absolute atomic E-state index is 0.0423. The number of nitrogens with two attached hydrogens (primary N) is 1. The van der Waals surface area contributed by atoms with E-state index in [1.807, 2.05) is 26.0 Å². The normalized spacial score (nSPS) is 11.9. The first-order valence-corrected chi connectivity index (χ1v) is 6.84. The van der Waals surface area contributed by atoms with E-state index in [1.54, 1.807) is 13.2 Å². The Morgan fingerprint density at radius 3 is 2.89 bits per heavy atom. The van der Waals surface area contributed by atoms with Crippen LogP contribution in [0.3, 0.4) is 0 Å². The summed E-state index contributed by atoms with van der Waals surface area (Å²) in [6.07, 6.45) is 0.939. The van der Waals surface area contributed by atoms with Crippen molar-refractivity contribution in [2.75, 3.05) is 19.4 Å². The predicted molar refractivity (Wildman–Crippen MR) is 76.0 cm³/mol. The zero-order chi connectivity index (χ0) is 13.5. The summed E-state index contributed by atoms with van der Waals surface area (Å²) in [5.41, 5.74) is 6.34. The fourth-order valence-electron chi connectivity index (χ4n) is 1.42. The van der Waals surface area contributed by atoms with Crippen molar-refractivity contribution in [2.45, 2.75) is 30.4 Å². The lowest BCUT2D eigenvalue weighted by atomic mass is 10.3. The van der Waals surface area contributed by atoms with E-state index in [-0.39, 0.29) is 11.2 Å². The zero-order valence-corrected chi connectivity index (χ0v) is 11.8. The van der Waals surface area contributed by atoms with Gasteiger partial charge in [0.1, 0.15) is 5.75 Å². The van der Waals surface area contributed by atoms with Crippen LogP contribution in [-0.2, 0) is 4.79 Å². The maximum atomic E-state index is 11.8. The number of methoxy groups -OCH3 is 1. The van der Waals surface area contributed by atoms with Crippen molar-refractivity contribution >= 4 is 23.4 Å². The van der Waals surface area contributed by atoms with E-state index in [4.69, 9.17) is 10.5 Å². The van der Waals surface area contributed by atoms with Crippen molar-refractivity contribution in [3.63, 3.8) is 0 Å². The molecule has 0 saturated heterocycles. The van der Waals surface area contributed by atoms with Crippen molar-refractivity contribution in [2.24, 2.45) is 0 Å². The van der Waals surface area contributed by atoms with Gasteiger partial charge in [-0.3, -0.25) is 4.79 Å². The highest BCUT2D eigenvalue weighted by atomic mass is 32.2. The Kier molecular flexibility index (Phi) is 5.85. The number of amides is 1. The fourth-order valence-corrected chi connectivity index (χ4v) is 2.39. The first-order valence-electron chi connectivity index (χ1n) is 5.96. The highest BCUT2D eigenvalue weighted by molar-refractivity contribution is 8.00. The Morgan fingerprint density at radius 2 is 2.28 bits per heavy atom. The highest BCUT2D eigenvalue weighted by Gasteiger charge is 2.16. The molecule has 0 aliphatic carbocycles. The number of thioether (sulfide) groups is 1. The number of anilines is 1. The fraction of sp³-hybridized carbons (Fsp3) is 0.462. The van der Waals surface area contributed by atoms with Crippen molar-refractivity contribution in [3.05, 3.63) is 18.2 Å². The first kappa shape index (κ1) is 14.7. The number of nitrogen functional groups attached to an aromatic ring is 1. The molecule has 100 valence electrons. The minimum Gasteiger partial charge on any atom is -0.496 e. The maximum Gasteiger partial charge on any atom is 0.233 e. The lowest BCUT2D eigenvalue weighted by Gasteiger charge is -2.14. The molecule has 3 N–H and O–H groups in total. The smallest absolute Gasteiger partial charge is 0.233 e. The Labute approximate surface area is 112 Å². The number of carbonyl (C=O) groups excluding carboxylic acids is 1. The van der Waals surface area contributed by atoms with Gasteiger partial charge in [0.25, 0.3) is 0 Å². The van der Waals surface area contributed by atoms with Gasteiger partial charge < -0.3 is 15.8 Å². The largest absolute Gasteiger partial charge is 0.496 e. The third-order valence-electron chi connectivity index (χ3n) is 2.41. The number of hydrogen-bond acceptors (Lipinski definition) is 4. The molecule has 0 saturated carbocycles. The van der Waals surface area contributed by atoms with Crippen LogP contribution in [0.25, 0.3) is 0 Å². The van der Waals surface area contributed by atoms with Crippen LogP contribution >= 0.6 is 11.8 Å². The standard InChI is InChI=1S/C13H20N2O2S/c1-4-7-15-13(16)9(2)18-12-6-5-10(14)8-11(12)17-3/h5-6,8-9H,4,7,14H2,1-3H3,(H,15,16). The molecule has 0 spiro atoms. The SMILES string of the molecule is CCCNC(=O)C(C)Sc1ccc(N)cc1OC. The summed E-state index contributed by atoms with van der Waals surface area (Å²) in [7, 11) is 1.60. The van der Waals surface area contributed by atoms with E-state index < -0.39 is 0 Å². The van der Waals surface area contributed by atoms with Gasteiger partial charge in [-0.2, -0.15) is 0 Å². The van der Waals surface area contributed by atoms with Gasteiger partial charge in [0.05, 0.1) is 17.3 Å². The Morgan fingerprint density at radius 1 is 1.56 bits per heavy atom. The van der Waals surface area contributed by atoms with Crippen molar-refractivity contribution in [1.29, 1.82) is 0 Å². The molecule has 0 radical (unpaired) electrons. The molecule has 1 rings (SSSR count). The molecular formula is C13H20N2O2S. The molecule has 0 heterocycles. The van der Waals surface area contributed by atoms with E-state index in [0.717, 1.165) is 11.3 Å². The average Bonchev–Trinajstić information content (AvgIpc) is 2.37. The van der Waals surface area contributed by atoms with E-state index in [9.17, 15) is 4.79 Å². The van der Waals surface area contributed by atoms with E-state index >= 15 is 0 Å². The van der Waals surface area contributed by atoms with Gasteiger partial charge in [-0.1, -0.05) is 6.92 Å². The Bertz CT molecular complexity index is 410. The van der Waals surface area contributed by atoms with Gasteiger partial charge in [-0.15, -0.1) is 11.8 Å². The molecule has 1 aromatic carbocycles. The molecule has 1 amide bonds. The number of carbonyl (C=O) groups is 1. The average molecular weight is 268 g/mol. The van der Waals surface area contributed by atoms with Crippen LogP contribution in [-0.4, -0.2) is 24.8 Å². The van der Waals surface area contributed by atoms with Gasteiger partial charge in [0.15, 0.2) is 0 Å². The summed E-state index contributed by atoms with van der Waals surface area (Å²) in [4.78, 5) is 12.7. The lowest BCUT2D eigenvalue weighted by molar-refractivity contribution is -0.120. The van der Waals surface area contributed by atoms with Gasteiger partial charge in [-0.25, -0.2) is 0 Å². The molecule has 1 atom stereocenters. The molecule has 1 unspecified atom stereocenters. The molecule has 1 aromatic rings. The summed E-state index contributed by atoms with van der Waals surface area (Å²) in [6, 6.07) is 5.45. The number of benzene rings is 1. The summed E-state index contributed by atoms with van der Waals surface area (Å²) in [5, 5.41) is 2.72. The summed E-state index contributed by atoms with van der Waals surface area (Å²) in [5.74, 6) is 0.746. The Hall–Kier alpha value is -1.36. The first-order chi connectivity index (χ1) is 8.58. The monoisotopic (exact) mass is 268 g/mol. The van der Waals surface area contributed by atoms with Gasteiger partial charge >= 0.3 is 0 Å². The van der Waals surface area contributed by atoms with Crippen LogP contribution in [0.1, 0.15) is 20.3 Å². The second-order valence-corrected chi connectivity index (χ2v) is 5.34. The predicted octanol–water partition coefficient (Wildman–Crippen LogP) is 2.28. The van der Waals surface area contributed by atoms with Gasteiger partial charge in [0, 0.05) is 18.3 Å². The van der Waals surface area contributed by atoms with Crippen LogP contribution in [0.5, 0.6) is 5.75 Å². The number of rotatable bonds is 6. The summed E-state index contributed by atoms with van der Waals surface area (Å²) < 4.78 is 5.26. The quantitative estimate of drug-likeness (QED) is 0.613. The summed E-state index contributed by atoms with van der Waals surface area (Å²) >= 11 is 1.47. The molecule has 18 heavy (non-hydrogen) atoms. The molecular weight excluding hydrogens is 248 g/mol. The van der Waals surface area contributed by atoms with Crippen molar-refractivity contribution in [1.82, 2.24) is 5.32 Å². The second-order valence-electron chi connectivity index (χ2n) is 3.96. The highest BCUT2D eigenvalue weighted by Crippen LogP contribution is 2.33. The third-order valence-corrected chi connectivity index (χ3v) is 3.57. The van der Waals surface area contributed by atoms with Crippen LogP contribution in [0.15, 0.2) is 23.1 Å². The number of hydrogen-bond donors (Lipinski definition) is 2. The van der Waals surface area contributed by atoms with E-state index in [0.29, 0.717) is 18.0 Å². The van der Waals surface area contributed by atoms with Gasteiger partial charge in [0.2, 0.25) is 5.91 Å². The van der Waals surface area contributed by atoms with Gasteiger partial charge in [-0.05, 0) is 25.5 Å². The minimum atomic E-state index is -0.158. The maximum absolute atomic E-state index is 11.8. The molecule has 0 aliphatic rings. The molecule has 4 nitrogen and oxygen atoms in total. The van der Waals surface area contributed by atoms with E-state index in [2.05, 4.69) is 5.32 Å².